The topological polar surface area (TPSA) is 101 Å². The first-order valence-electron chi connectivity index (χ1n) is 12.7. The van der Waals surface area contributed by atoms with E-state index in [0.717, 1.165) is 11.1 Å². The molecular formula is C31H32N2O5S2. The molecule has 208 valence electrons. The third kappa shape index (κ3) is 6.33. The van der Waals surface area contributed by atoms with Crippen LogP contribution in [0.2, 0.25) is 0 Å². The number of sulfonamides is 2. The highest BCUT2D eigenvalue weighted by molar-refractivity contribution is 8.04. The summed E-state index contributed by atoms with van der Waals surface area (Å²) in [6.07, 6.45) is 0. The van der Waals surface area contributed by atoms with Crippen molar-refractivity contribution in [3.8, 4) is 11.1 Å². The summed E-state index contributed by atoms with van der Waals surface area (Å²) in [4.78, 5) is 12.6. The van der Waals surface area contributed by atoms with Gasteiger partial charge in [0, 0.05) is 16.7 Å². The van der Waals surface area contributed by atoms with Crippen molar-refractivity contribution in [3.63, 3.8) is 0 Å². The monoisotopic (exact) mass is 576 g/mol. The largest absolute Gasteiger partial charge is 0.325 e. The van der Waals surface area contributed by atoms with Gasteiger partial charge in [0.05, 0.1) is 16.3 Å². The van der Waals surface area contributed by atoms with E-state index in [4.69, 9.17) is 0 Å². The van der Waals surface area contributed by atoms with Crippen molar-refractivity contribution in [1.29, 1.82) is 0 Å². The van der Waals surface area contributed by atoms with Gasteiger partial charge in [-0.3, -0.25) is 4.79 Å². The Balaban J connectivity index is 1.85. The second-order valence-electron chi connectivity index (χ2n) is 10.5. The van der Waals surface area contributed by atoms with E-state index in [1.807, 2.05) is 52.0 Å². The molecular weight excluding hydrogens is 544 g/mol. The molecule has 0 spiro atoms. The maximum absolute atomic E-state index is 13.8. The molecule has 0 aliphatic heterocycles. The number of carbonyl (C=O) groups is 1. The van der Waals surface area contributed by atoms with Crippen molar-refractivity contribution in [2.45, 2.75) is 44.0 Å². The Hall–Kier alpha value is -3.79. The molecule has 0 saturated carbocycles. The number of rotatable bonds is 8. The van der Waals surface area contributed by atoms with Crippen LogP contribution in [0.1, 0.15) is 31.9 Å². The van der Waals surface area contributed by atoms with Crippen LogP contribution in [0.25, 0.3) is 11.1 Å². The summed E-state index contributed by atoms with van der Waals surface area (Å²) < 4.78 is 55.6. The number of nitrogens with one attached hydrogen (secondary N) is 1. The van der Waals surface area contributed by atoms with Crippen LogP contribution >= 0.6 is 0 Å². The maximum Gasteiger partial charge on any atom is 0.256 e. The lowest BCUT2D eigenvalue weighted by atomic mass is 9.94. The molecule has 7 nitrogen and oxygen atoms in total. The van der Waals surface area contributed by atoms with Gasteiger partial charge in [0.1, 0.15) is 0 Å². The molecule has 0 aliphatic carbocycles. The van der Waals surface area contributed by atoms with Crippen LogP contribution in [-0.2, 0) is 31.4 Å². The van der Waals surface area contributed by atoms with Gasteiger partial charge in [-0.2, -0.15) is 0 Å². The lowest BCUT2D eigenvalue weighted by Gasteiger charge is -2.24. The predicted octanol–water partition coefficient (Wildman–Crippen LogP) is 6.23. The molecule has 40 heavy (non-hydrogen) atoms. The van der Waals surface area contributed by atoms with E-state index < -0.39 is 32.0 Å². The Morgan fingerprint density at radius 3 is 1.70 bits per heavy atom. The highest BCUT2D eigenvalue weighted by Crippen LogP contribution is 2.33. The molecule has 0 bridgehead atoms. The Labute approximate surface area is 236 Å². The van der Waals surface area contributed by atoms with Crippen molar-refractivity contribution in [1.82, 2.24) is 3.71 Å². The summed E-state index contributed by atoms with van der Waals surface area (Å²) in [5.41, 5.74) is 2.81. The third-order valence-corrected chi connectivity index (χ3v) is 10.5. The van der Waals surface area contributed by atoms with Crippen LogP contribution in [0.3, 0.4) is 0 Å². The summed E-state index contributed by atoms with van der Waals surface area (Å²) in [6, 6.07) is 27.7. The molecule has 4 aromatic rings. The van der Waals surface area contributed by atoms with Crippen molar-refractivity contribution >= 4 is 31.6 Å². The second kappa shape index (κ2) is 11.4. The molecule has 0 saturated heterocycles. The van der Waals surface area contributed by atoms with Gasteiger partial charge >= 0.3 is 0 Å². The minimum Gasteiger partial charge on any atom is -0.325 e. The quantitative estimate of drug-likeness (QED) is 0.268. The van der Waals surface area contributed by atoms with E-state index in [2.05, 4.69) is 5.32 Å². The van der Waals surface area contributed by atoms with Gasteiger partial charge in [0.2, 0.25) is 5.91 Å². The van der Waals surface area contributed by atoms with Gasteiger partial charge in [0.15, 0.2) is 0 Å². The molecule has 1 amide bonds. The first-order valence-corrected chi connectivity index (χ1v) is 15.6. The summed E-state index contributed by atoms with van der Waals surface area (Å²) in [5.74, 6) is -0.187. The van der Waals surface area contributed by atoms with Gasteiger partial charge in [-0.05, 0) is 54.4 Å². The van der Waals surface area contributed by atoms with Gasteiger partial charge in [-0.1, -0.05) is 96.8 Å². The van der Waals surface area contributed by atoms with E-state index in [1.54, 1.807) is 54.6 Å². The molecule has 0 unspecified atom stereocenters. The second-order valence-corrected chi connectivity index (χ2v) is 14.5. The highest BCUT2D eigenvalue weighted by Gasteiger charge is 2.37. The third-order valence-electron chi connectivity index (χ3n) is 6.31. The van der Waals surface area contributed by atoms with Crippen molar-refractivity contribution in [2.75, 3.05) is 5.32 Å². The minimum atomic E-state index is -4.46. The van der Waals surface area contributed by atoms with Crippen LogP contribution in [-0.4, -0.2) is 26.5 Å². The Bertz CT molecular complexity index is 1640. The van der Waals surface area contributed by atoms with E-state index in [0.29, 0.717) is 20.5 Å². The number of carbonyl (C=O) groups excluding carboxylic acids is 1. The van der Waals surface area contributed by atoms with Crippen molar-refractivity contribution in [3.05, 3.63) is 114 Å². The van der Waals surface area contributed by atoms with E-state index in [-0.39, 0.29) is 15.7 Å². The maximum atomic E-state index is 13.8. The summed E-state index contributed by atoms with van der Waals surface area (Å²) in [5, 5.41) is 2.97. The van der Waals surface area contributed by atoms with Gasteiger partial charge in [0.25, 0.3) is 20.0 Å². The molecule has 0 aliphatic rings. The standard InChI is InChI=1S/C31H32N2O5S2/c1-23-15-18-25(19-16-23)28-21-24(17-20-29(28)32-30(34)31(2,3)4)22-33(39(35,36)26-11-7-5-8-12-26)40(37,38)27-13-9-6-10-14-27/h5-21H,22H2,1-4H3,(H,32,34). The Morgan fingerprint density at radius 2 is 1.23 bits per heavy atom. The molecule has 0 heterocycles. The fraction of sp³-hybridized carbons (Fsp3) is 0.194. The van der Waals surface area contributed by atoms with Crippen LogP contribution in [0.15, 0.2) is 113 Å². The van der Waals surface area contributed by atoms with Crippen molar-refractivity contribution in [2.24, 2.45) is 5.41 Å². The van der Waals surface area contributed by atoms with E-state index in [1.165, 1.54) is 24.3 Å². The van der Waals surface area contributed by atoms with E-state index >= 15 is 0 Å². The summed E-state index contributed by atoms with van der Waals surface area (Å²) >= 11 is 0. The summed E-state index contributed by atoms with van der Waals surface area (Å²) in [6.45, 7) is 6.94. The van der Waals surface area contributed by atoms with Crippen LogP contribution < -0.4 is 5.32 Å². The Morgan fingerprint density at radius 1 is 0.725 bits per heavy atom. The molecule has 0 aromatic heterocycles. The van der Waals surface area contributed by atoms with Gasteiger partial charge in [-0.25, -0.2) is 16.8 Å². The molecule has 0 atom stereocenters. The smallest absolute Gasteiger partial charge is 0.256 e. The van der Waals surface area contributed by atoms with Crippen molar-refractivity contribution < 1.29 is 21.6 Å². The van der Waals surface area contributed by atoms with Crippen LogP contribution in [0.4, 0.5) is 5.69 Å². The number of hydrogen-bond donors (Lipinski definition) is 1. The predicted molar refractivity (Wildman–Crippen MR) is 157 cm³/mol. The number of anilines is 1. The SMILES string of the molecule is Cc1ccc(-c2cc(CN(S(=O)(=O)c3ccccc3)S(=O)(=O)c3ccccc3)ccc2NC(=O)C(C)(C)C)cc1. The fourth-order valence-electron chi connectivity index (χ4n) is 3.95. The lowest BCUT2D eigenvalue weighted by Crippen LogP contribution is -2.36. The number of amides is 1. The average molecular weight is 577 g/mol. The molecule has 1 N–H and O–H groups in total. The number of hydrogen-bond acceptors (Lipinski definition) is 5. The molecule has 0 radical (unpaired) electrons. The van der Waals surface area contributed by atoms with Gasteiger partial charge in [-0.15, -0.1) is 0 Å². The molecule has 0 fully saturated rings. The van der Waals surface area contributed by atoms with E-state index in [9.17, 15) is 21.6 Å². The Kier molecular flexibility index (Phi) is 8.30. The number of aryl methyl sites for hydroxylation is 1. The average Bonchev–Trinajstić information content (AvgIpc) is 2.93. The van der Waals surface area contributed by atoms with Gasteiger partial charge < -0.3 is 5.32 Å². The molecule has 4 rings (SSSR count). The zero-order chi connectivity index (χ0) is 29.1. The van der Waals surface area contributed by atoms with Crippen LogP contribution in [0.5, 0.6) is 0 Å². The number of benzene rings is 4. The molecule has 9 heteroatoms. The summed E-state index contributed by atoms with van der Waals surface area (Å²) in [7, 11) is -8.92. The zero-order valence-electron chi connectivity index (χ0n) is 22.8. The number of nitrogens with zero attached hydrogens (tertiary/aromatic N) is 1. The minimum absolute atomic E-state index is 0.137. The molecule has 4 aromatic carbocycles. The highest BCUT2D eigenvalue weighted by atomic mass is 32.3. The zero-order valence-corrected chi connectivity index (χ0v) is 24.5. The van der Waals surface area contributed by atoms with Crippen LogP contribution in [0, 0.1) is 12.3 Å². The normalized spacial score (nSPS) is 12.3. The first kappa shape index (κ1) is 29.2. The fourth-order valence-corrected chi connectivity index (χ4v) is 7.61. The lowest BCUT2D eigenvalue weighted by molar-refractivity contribution is -0.123. The first-order chi connectivity index (χ1) is 18.8.